The lowest BCUT2D eigenvalue weighted by atomic mass is 10.1. The molecule has 28 heavy (non-hydrogen) atoms. The fourth-order valence-corrected chi connectivity index (χ4v) is 5.84. The standard InChI is InChI=1S/C19H29N3O5S/c1-14-11-20(18-7-5-17(6-8-18)19(23)26-4)9-10-22(14)28(24,25)21-12-15(2)27-16(3)13-21/h5-8,14-16H,9-13H2,1-4H3. The van der Waals surface area contributed by atoms with Crippen LogP contribution in [0, 0.1) is 0 Å². The number of hydrogen-bond donors (Lipinski definition) is 0. The first-order valence-corrected chi connectivity index (χ1v) is 11.0. The van der Waals surface area contributed by atoms with Crippen molar-refractivity contribution in [3.63, 3.8) is 0 Å². The number of benzene rings is 1. The van der Waals surface area contributed by atoms with Crippen LogP contribution in [0.2, 0.25) is 0 Å². The van der Waals surface area contributed by atoms with E-state index in [2.05, 4.69) is 4.90 Å². The Balaban J connectivity index is 1.68. The first kappa shape index (κ1) is 21.0. The van der Waals surface area contributed by atoms with Crippen LogP contribution in [-0.4, -0.2) is 81.1 Å². The van der Waals surface area contributed by atoms with Gasteiger partial charge in [0.25, 0.3) is 10.2 Å². The molecule has 3 atom stereocenters. The van der Waals surface area contributed by atoms with Crippen LogP contribution >= 0.6 is 0 Å². The topological polar surface area (TPSA) is 79.4 Å². The van der Waals surface area contributed by atoms with Gasteiger partial charge < -0.3 is 14.4 Å². The van der Waals surface area contributed by atoms with Crippen molar-refractivity contribution in [3.05, 3.63) is 29.8 Å². The molecule has 1 aromatic rings. The van der Waals surface area contributed by atoms with E-state index in [0.29, 0.717) is 38.3 Å². The quantitative estimate of drug-likeness (QED) is 0.696. The summed E-state index contributed by atoms with van der Waals surface area (Å²) in [6.07, 6.45) is -0.216. The second-order valence-corrected chi connectivity index (χ2v) is 9.41. The molecule has 0 saturated carbocycles. The second kappa shape index (κ2) is 8.36. The number of piperazine rings is 1. The van der Waals surface area contributed by atoms with E-state index in [0.717, 1.165) is 5.69 Å². The number of methoxy groups -OCH3 is 1. The SMILES string of the molecule is COC(=O)c1ccc(N2CCN(S(=O)(=O)N3CC(C)OC(C)C3)C(C)C2)cc1. The number of anilines is 1. The van der Waals surface area contributed by atoms with Gasteiger partial charge in [0.1, 0.15) is 0 Å². The number of rotatable bonds is 4. The van der Waals surface area contributed by atoms with E-state index in [1.807, 2.05) is 32.9 Å². The van der Waals surface area contributed by atoms with Crippen molar-refractivity contribution in [1.29, 1.82) is 0 Å². The maximum Gasteiger partial charge on any atom is 0.337 e. The average Bonchev–Trinajstić information content (AvgIpc) is 2.66. The van der Waals surface area contributed by atoms with Crippen molar-refractivity contribution in [2.75, 3.05) is 44.7 Å². The van der Waals surface area contributed by atoms with Crippen LogP contribution in [-0.2, 0) is 19.7 Å². The molecule has 0 N–H and O–H groups in total. The molecule has 0 aliphatic carbocycles. The summed E-state index contributed by atoms with van der Waals surface area (Å²) in [6.45, 7) is 8.10. The van der Waals surface area contributed by atoms with Crippen LogP contribution in [0.15, 0.2) is 24.3 Å². The minimum Gasteiger partial charge on any atom is -0.465 e. The average molecular weight is 412 g/mol. The van der Waals surface area contributed by atoms with Gasteiger partial charge in [-0.2, -0.15) is 17.0 Å². The van der Waals surface area contributed by atoms with Crippen molar-refractivity contribution < 1.29 is 22.7 Å². The first-order chi connectivity index (χ1) is 13.2. The van der Waals surface area contributed by atoms with Crippen LogP contribution in [0.4, 0.5) is 5.69 Å². The molecule has 2 saturated heterocycles. The Morgan fingerprint density at radius 3 is 2.18 bits per heavy atom. The summed E-state index contributed by atoms with van der Waals surface area (Å²) in [5, 5.41) is 0. The highest BCUT2D eigenvalue weighted by Crippen LogP contribution is 2.25. The van der Waals surface area contributed by atoms with Crippen LogP contribution in [0.5, 0.6) is 0 Å². The minimum absolute atomic E-state index is 0.108. The zero-order chi connectivity index (χ0) is 20.5. The number of carbonyl (C=O) groups excluding carboxylic acids is 1. The van der Waals surface area contributed by atoms with E-state index in [9.17, 15) is 13.2 Å². The summed E-state index contributed by atoms with van der Waals surface area (Å²) in [6, 6.07) is 7.03. The van der Waals surface area contributed by atoms with Gasteiger partial charge in [-0.25, -0.2) is 4.79 Å². The van der Waals surface area contributed by atoms with Gasteiger partial charge in [0.2, 0.25) is 0 Å². The second-order valence-electron chi connectivity index (χ2n) is 7.53. The molecule has 0 bridgehead atoms. The molecule has 2 aliphatic heterocycles. The van der Waals surface area contributed by atoms with Crippen LogP contribution in [0.1, 0.15) is 31.1 Å². The van der Waals surface area contributed by atoms with Gasteiger partial charge >= 0.3 is 5.97 Å². The first-order valence-electron chi connectivity index (χ1n) is 9.58. The highest BCUT2D eigenvalue weighted by molar-refractivity contribution is 7.86. The zero-order valence-corrected chi connectivity index (χ0v) is 17.7. The van der Waals surface area contributed by atoms with E-state index in [1.54, 1.807) is 20.7 Å². The van der Waals surface area contributed by atoms with Gasteiger partial charge in [0.15, 0.2) is 0 Å². The minimum atomic E-state index is -3.53. The number of carbonyl (C=O) groups is 1. The maximum absolute atomic E-state index is 13.2. The lowest BCUT2D eigenvalue weighted by molar-refractivity contribution is -0.0458. The number of ether oxygens (including phenoxy) is 2. The third kappa shape index (κ3) is 4.32. The maximum atomic E-state index is 13.2. The highest BCUT2D eigenvalue weighted by atomic mass is 32.2. The van der Waals surface area contributed by atoms with E-state index >= 15 is 0 Å². The van der Waals surface area contributed by atoms with E-state index in [-0.39, 0.29) is 24.2 Å². The summed E-state index contributed by atoms with van der Waals surface area (Å²) < 4.78 is 39.9. The van der Waals surface area contributed by atoms with Crippen molar-refractivity contribution >= 4 is 21.9 Å². The fraction of sp³-hybridized carbons (Fsp3) is 0.632. The van der Waals surface area contributed by atoms with E-state index in [1.165, 1.54) is 7.11 Å². The molecule has 1 aromatic carbocycles. The smallest absolute Gasteiger partial charge is 0.337 e. The Kier molecular flexibility index (Phi) is 6.28. The molecule has 2 aliphatic rings. The van der Waals surface area contributed by atoms with Crippen LogP contribution < -0.4 is 4.90 Å². The molecule has 8 nitrogen and oxygen atoms in total. The number of nitrogens with zero attached hydrogens (tertiary/aromatic N) is 3. The van der Waals surface area contributed by atoms with Crippen LogP contribution in [0.3, 0.4) is 0 Å². The Morgan fingerprint density at radius 1 is 1.04 bits per heavy atom. The normalized spacial score (nSPS) is 27.6. The van der Waals surface area contributed by atoms with Gasteiger partial charge in [-0.15, -0.1) is 0 Å². The number of hydrogen-bond acceptors (Lipinski definition) is 6. The third-order valence-corrected chi connectivity index (χ3v) is 7.31. The highest BCUT2D eigenvalue weighted by Gasteiger charge is 2.39. The lowest BCUT2D eigenvalue weighted by Gasteiger charge is -2.43. The predicted molar refractivity (Wildman–Crippen MR) is 107 cm³/mol. The molecule has 156 valence electrons. The molecule has 2 heterocycles. The van der Waals surface area contributed by atoms with Gasteiger partial charge in [-0.3, -0.25) is 0 Å². The predicted octanol–water partition coefficient (Wildman–Crippen LogP) is 1.34. The molecule has 0 spiro atoms. The van der Waals surface area contributed by atoms with Crippen molar-refractivity contribution in [3.8, 4) is 0 Å². The molecular formula is C19H29N3O5S. The molecule has 0 radical (unpaired) electrons. The molecule has 3 unspecified atom stereocenters. The van der Waals surface area contributed by atoms with Crippen LogP contribution in [0.25, 0.3) is 0 Å². The summed E-state index contributed by atoms with van der Waals surface area (Å²) in [7, 11) is -2.17. The Labute approximate surface area is 167 Å². The molecule has 2 fully saturated rings. The summed E-state index contributed by atoms with van der Waals surface area (Å²) in [5.41, 5.74) is 1.46. The molecular weight excluding hydrogens is 382 g/mol. The van der Waals surface area contributed by atoms with Crippen molar-refractivity contribution in [2.24, 2.45) is 0 Å². The van der Waals surface area contributed by atoms with Gasteiger partial charge in [-0.1, -0.05) is 0 Å². The van der Waals surface area contributed by atoms with E-state index in [4.69, 9.17) is 9.47 Å². The van der Waals surface area contributed by atoms with Crippen molar-refractivity contribution in [1.82, 2.24) is 8.61 Å². The van der Waals surface area contributed by atoms with Gasteiger partial charge in [-0.05, 0) is 45.0 Å². The molecule has 9 heteroatoms. The largest absolute Gasteiger partial charge is 0.465 e. The summed E-state index contributed by atoms with van der Waals surface area (Å²) >= 11 is 0. The molecule has 3 rings (SSSR count). The Morgan fingerprint density at radius 2 is 1.64 bits per heavy atom. The van der Waals surface area contributed by atoms with Gasteiger partial charge in [0.05, 0.1) is 24.9 Å². The zero-order valence-electron chi connectivity index (χ0n) is 16.9. The van der Waals surface area contributed by atoms with E-state index < -0.39 is 10.2 Å². The third-order valence-electron chi connectivity index (χ3n) is 5.23. The molecule has 0 aromatic heterocycles. The lowest BCUT2D eigenvalue weighted by Crippen LogP contribution is -2.60. The molecule has 0 amide bonds. The van der Waals surface area contributed by atoms with Crippen molar-refractivity contribution in [2.45, 2.75) is 39.0 Å². The fourth-order valence-electron chi connectivity index (χ4n) is 3.91. The number of esters is 1. The Hall–Kier alpha value is -1.68. The monoisotopic (exact) mass is 411 g/mol. The number of morpholine rings is 1. The Bertz CT molecular complexity index is 788. The summed E-state index contributed by atoms with van der Waals surface area (Å²) in [4.78, 5) is 13.7. The summed E-state index contributed by atoms with van der Waals surface area (Å²) in [5.74, 6) is -0.371. The van der Waals surface area contributed by atoms with Gasteiger partial charge in [0, 0.05) is 44.5 Å².